The van der Waals surface area contributed by atoms with Crippen LogP contribution in [-0.2, 0) is 4.79 Å². The van der Waals surface area contributed by atoms with Crippen LogP contribution in [0.3, 0.4) is 0 Å². The Bertz CT molecular complexity index is 1150. The molecule has 3 heterocycles. The lowest BCUT2D eigenvalue weighted by Crippen LogP contribution is -2.26. The van der Waals surface area contributed by atoms with Gasteiger partial charge in [-0.25, -0.2) is 4.98 Å². The Hall–Kier alpha value is -2.94. The maximum Gasteiger partial charge on any atom is 0.278 e. The van der Waals surface area contributed by atoms with Crippen molar-refractivity contribution in [2.24, 2.45) is 0 Å². The van der Waals surface area contributed by atoms with Crippen molar-refractivity contribution in [2.45, 2.75) is 38.4 Å². The molecule has 1 amide bonds. The van der Waals surface area contributed by atoms with E-state index in [1.54, 1.807) is 22.8 Å². The number of aromatic amines is 1. The van der Waals surface area contributed by atoms with E-state index in [1.807, 2.05) is 26.8 Å². The van der Waals surface area contributed by atoms with Crippen LogP contribution in [0.25, 0.3) is 11.0 Å². The first-order valence-corrected chi connectivity index (χ1v) is 10.9. The number of hydrogen-bond donors (Lipinski definition) is 2. The van der Waals surface area contributed by atoms with Gasteiger partial charge in [0.25, 0.3) is 5.56 Å². The summed E-state index contributed by atoms with van der Waals surface area (Å²) >= 11 is 1.26. The average Bonchev–Trinajstić information content (AvgIpc) is 3.12. The van der Waals surface area contributed by atoms with E-state index in [0.717, 1.165) is 12.1 Å². The number of H-pyrrole nitrogens is 1. The van der Waals surface area contributed by atoms with Gasteiger partial charge in [-0.2, -0.15) is 0 Å². The standard InChI is InChI=1S/C21H24N4O4S/c1-4-13(3)25-20(27)19-15(9-12(2)22-19)24-21(25)30-11-18(26)23-14-5-6-16-17(10-14)29-8-7-28-16/h5-6,9-10,13,22H,4,7-8,11H2,1-3H3,(H,23,26). The fourth-order valence-corrected chi connectivity index (χ4v) is 4.21. The number of thioether (sulfide) groups is 1. The fourth-order valence-electron chi connectivity index (χ4n) is 3.31. The molecule has 3 aromatic rings. The Kier molecular flexibility index (Phi) is 5.72. The Morgan fingerprint density at radius 2 is 2.07 bits per heavy atom. The molecule has 1 unspecified atom stereocenters. The van der Waals surface area contributed by atoms with E-state index in [-0.39, 0.29) is 23.3 Å². The highest BCUT2D eigenvalue weighted by Crippen LogP contribution is 2.32. The molecule has 4 rings (SSSR count). The summed E-state index contributed by atoms with van der Waals surface area (Å²) in [7, 11) is 0. The summed E-state index contributed by atoms with van der Waals surface area (Å²) in [6.45, 7) is 6.89. The predicted octanol–water partition coefficient (Wildman–Crippen LogP) is 3.51. The van der Waals surface area contributed by atoms with Crippen LogP contribution in [0.5, 0.6) is 11.5 Å². The number of hydrogen-bond acceptors (Lipinski definition) is 6. The van der Waals surface area contributed by atoms with Gasteiger partial charge in [-0.3, -0.25) is 14.2 Å². The van der Waals surface area contributed by atoms with Gasteiger partial charge in [-0.1, -0.05) is 18.7 Å². The number of rotatable bonds is 6. The summed E-state index contributed by atoms with van der Waals surface area (Å²) < 4.78 is 12.7. The van der Waals surface area contributed by atoms with Crippen molar-refractivity contribution >= 4 is 34.4 Å². The zero-order valence-corrected chi connectivity index (χ0v) is 18.0. The van der Waals surface area contributed by atoms with E-state index in [0.29, 0.717) is 46.6 Å². The number of carbonyl (C=O) groups is 1. The fraction of sp³-hybridized carbons (Fsp3) is 0.381. The van der Waals surface area contributed by atoms with Crippen LogP contribution in [0.4, 0.5) is 5.69 Å². The third kappa shape index (κ3) is 4.02. The lowest BCUT2D eigenvalue weighted by atomic mass is 10.2. The topological polar surface area (TPSA) is 98.2 Å². The molecule has 9 heteroatoms. The first kappa shape index (κ1) is 20.3. The van der Waals surface area contributed by atoms with E-state index in [2.05, 4.69) is 15.3 Å². The molecule has 1 aliphatic rings. The van der Waals surface area contributed by atoms with Gasteiger partial charge in [0.2, 0.25) is 5.91 Å². The number of carbonyl (C=O) groups excluding carboxylic acids is 1. The molecular formula is C21H24N4O4S. The average molecular weight is 429 g/mol. The smallest absolute Gasteiger partial charge is 0.278 e. The van der Waals surface area contributed by atoms with E-state index in [9.17, 15) is 9.59 Å². The third-order valence-electron chi connectivity index (χ3n) is 4.98. The van der Waals surface area contributed by atoms with Gasteiger partial charge in [-0.05, 0) is 38.5 Å². The number of anilines is 1. The van der Waals surface area contributed by atoms with Crippen molar-refractivity contribution < 1.29 is 14.3 Å². The molecule has 8 nitrogen and oxygen atoms in total. The Morgan fingerprint density at radius 1 is 1.30 bits per heavy atom. The maximum absolute atomic E-state index is 13.0. The summed E-state index contributed by atoms with van der Waals surface area (Å²) in [5, 5.41) is 3.40. The molecule has 0 bridgehead atoms. The first-order chi connectivity index (χ1) is 14.5. The second-order valence-corrected chi connectivity index (χ2v) is 8.18. The zero-order valence-electron chi connectivity index (χ0n) is 17.2. The second kappa shape index (κ2) is 8.43. The lowest BCUT2D eigenvalue weighted by Gasteiger charge is -2.19. The predicted molar refractivity (Wildman–Crippen MR) is 117 cm³/mol. The molecular weight excluding hydrogens is 404 g/mol. The molecule has 1 atom stereocenters. The van der Waals surface area contributed by atoms with Gasteiger partial charge in [-0.15, -0.1) is 0 Å². The molecule has 1 aliphatic heterocycles. The number of aryl methyl sites for hydroxylation is 1. The minimum Gasteiger partial charge on any atom is -0.486 e. The Balaban J connectivity index is 1.52. The minimum absolute atomic E-state index is 0.0265. The molecule has 158 valence electrons. The highest BCUT2D eigenvalue weighted by Gasteiger charge is 2.18. The van der Waals surface area contributed by atoms with E-state index < -0.39 is 0 Å². The van der Waals surface area contributed by atoms with E-state index in [1.165, 1.54) is 11.8 Å². The number of amides is 1. The lowest BCUT2D eigenvalue weighted by molar-refractivity contribution is -0.113. The second-order valence-electron chi connectivity index (χ2n) is 7.23. The molecule has 2 aromatic heterocycles. The number of nitrogens with one attached hydrogen (secondary N) is 2. The molecule has 0 spiro atoms. The summed E-state index contributed by atoms with van der Waals surface area (Å²) in [5.41, 5.74) is 2.51. The zero-order chi connectivity index (χ0) is 21.3. The van der Waals surface area contributed by atoms with E-state index in [4.69, 9.17) is 9.47 Å². The minimum atomic E-state index is -0.188. The number of aromatic nitrogens is 3. The van der Waals surface area contributed by atoms with Crippen molar-refractivity contribution in [3.63, 3.8) is 0 Å². The summed E-state index contributed by atoms with van der Waals surface area (Å²) in [6, 6.07) is 7.12. The van der Waals surface area contributed by atoms with Crippen molar-refractivity contribution in [2.75, 3.05) is 24.3 Å². The Morgan fingerprint density at radius 3 is 2.83 bits per heavy atom. The number of nitrogens with zero attached hydrogens (tertiary/aromatic N) is 2. The first-order valence-electron chi connectivity index (χ1n) is 9.90. The molecule has 0 radical (unpaired) electrons. The van der Waals surface area contributed by atoms with Crippen molar-refractivity contribution in [3.05, 3.63) is 40.3 Å². The van der Waals surface area contributed by atoms with Crippen LogP contribution in [0.15, 0.2) is 34.2 Å². The van der Waals surface area contributed by atoms with Crippen LogP contribution in [0, 0.1) is 6.92 Å². The number of benzene rings is 1. The Labute approximate surface area is 178 Å². The molecule has 30 heavy (non-hydrogen) atoms. The van der Waals surface area contributed by atoms with Crippen molar-refractivity contribution in [3.8, 4) is 11.5 Å². The molecule has 2 N–H and O–H groups in total. The number of ether oxygens (including phenoxy) is 2. The molecule has 0 saturated heterocycles. The highest BCUT2D eigenvalue weighted by molar-refractivity contribution is 7.99. The van der Waals surface area contributed by atoms with Gasteiger partial charge in [0.05, 0.1) is 11.3 Å². The molecule has 0 fully saturated rings. The van der Waals surface area contributed by atoms with Gasteiger partial charge < -0.3 is 19.8 Å². The largest absolute Gasteiger partial charge is 0.486 e. The van der Waals surface area contributed by atoms with Crippen LogP contribution < -0.4 is 20.3 Å². The van der Waals surface area contributed by atoms with Gasteiger partial charge >= 0.3 is 0 Å². The quantitative estimate of drug-likeness (QED) is 0.461. The van der Waals surface area contributed by atoms with Crippen molar-refractivity contribution in [1.29, 1.82) is 0 Å². The van der Waals surface area contributed by atoms with Crippen LogP contribution in [0.2, 0.25) is 0 Å². The molecule has 1 aromatic carbocycles. The number of fused-ring (bicyclic) bond motifs is 2. The summed E-state index contributed by atoms with van der Waals surface area (Å²) in [6.07, 6.45) is 0.781. The normalized spacial score (nSPS) is 14.0. The van der Waals surface area contributed by atoms with Gasteiger partial charge in [0.15, 0.2) is 16.7 Å². The van der Waals surface area contributed by atoms with Gasteiger partial charge in [0.1, 0.15) is 18.7 Å². The maximum atomic E-state index is 13.0. The van der Waals surface area contributed by atoms with Crippen molar-refractivity contribution in [1.82, 2.24) is 14.5 Å². The monoisotopic (exact) mass is 428 g/mol. The van der Waals surface area contributed by atoms with Crippen LogP contribution >= 0.6 is 11.8 Å². The third-order valence-corrected chi connectivity index (χ3v) is 5.93. The summed E-state index contributed by atoms with van der Waals surface area (Å²) in [4.78, 5) is 33.2. The molecule has 0 aliphatic carbocycles. The summed E-state index contributed by atoms with van der Waals surface area (Å²) in [5.74, 6) is 1.23. The van der Waals surface area contributed by atoms with Crippen LogP contribution in [-0.4, -0.2) is 39.4 Å². The van der Waals surface area contributed by atoms with Crippen LogP contribution in [0.1, 0.15) is 32.0 Å². The van der Waals surface area contributed by atoms with Gasteiger partial charge in [0, 0.05) is 23.5 Å². The SMILES string of the molecule is CCC(C)n1c(SCC(=O)Nc2ccc3c(c2)OCCO3)nc2cc(C)[nH]c2c1=O. The van der Waals surface area contributed by atoms with E-state index >= 15 is 0 Å². The molecule has 0 saturated carbocycles. The highest BCUT2D eigenvalue weighted by atomic mass is 32.2.